The van der Waals surface area contributed by atoms with Gasteiger partial charge in [0.15, 0.2) is 0 Å². The predicted octanol–water partition coefficient (Wildman–Crippen LogP) is 3.01. The number of para-hydroxylation sites is 1. The van der Waals surface area contributed by atoms with E-state index >= 15 is 0 Å². The van der Waals surface area contributed by atoms with Crippen molar-refractivity contribution >= 4 is 16.8 Å². The fraction of sp³-hybridized carbons (Fsp3) is 0.438. The molecule has 0 aliphatic carbocycles. The molecule has 0 saturated carbocycles. The number of nitrogens with zero attached hydrogens (tertiary/aromatic N) is 1. The summed E-state index contributed by atoms with van der Waals surface area (Å²) in [6, 6.07) is 5.71. The second-order valence-electron chi connectivity index (χ2n) is 6.07. The fourth-order valence-corrected chi connectivity index (χ4v) is 2.23. The summed E-state index contributed by atoms with van der Waals surface area (Å²) in [6.45, 7) is 7.59. The Bertz CT molecular complexity index is 708. The number of benzene rings is 1. The highest BCUT2D eigenvalue weighted by atomic mass is 16.4. The molecule has 4 heteroatoms. The molecular weight excluding hydrogens is 254 g/mol. The average Bonchev–Trinajstić information content (AvgIpc) is 2.34. The summed E-state index contributed by atoms with van der Waals surface area (Å²) >= 11 is 0. The lowest BCUT2D eigenvalue weighted by Gasteiger charge is -2.19. The highest BCUT2D eigenvalue weighted by Crippen LogP contribution is 2.28. The van der Waals surface area contributed by atoms with Crippen molar-refractivity contribution in [3.05, 3.63) is 40.0 Å². The van der Waals surface area contributed by atoms with Crippen LogP contribution in [0.25, 0.3) is 11.0 Å². The van der Waals surface area contributed by atoms with Gasteiger partial charge in [-0.3, -0.25) is 0 Å². The van der Waals surface area contributed by atoms with Crippen LogP contribution in [0.5, 0.6) is 0 Å². The number of aryl methyl sites for hydroxylation is 1. The van der Waals surface area contributed by atoms with Crippen LogP contribution in [0.1, 0.15) is 45.4 Å². The van der Waals surface area contributed by atoms with Crippen LogP contribution in [0.4, 0.5) is 0 Å². The third-order valence-corrected chi connectivity index (χ3v) is 3.20. The molecule has 1 aromatic heterocycles. The first-order chi connectivity index (χ1) is 9.29. The second-order valence-corrected chi connectivity index (χ2v) is 6.07. The molecule has 0 saturated heterocycles. The summed E-state index contributed by atoms with van der Waals surface area (Å²) in [5.41, 5.74) is 1.92. The van der Waals surface area contributed by atoms with Crippen molar-refractivity contribution in [2.24, 2.45) is 0 Å². The molecule has 0 N–H and O–H groups in total. The first-order valence-corrected chi connectivity index (χ1v) is 6.71. The Morgan fingerprint density at radius 3 is 2.60 bits per heavy atom. The minimum atomic E-state index is -0.585. The molecule has 106 valence electrons. The Kier molecular flexibility index (Phi) is 3.75. The molecule has 0 aliphatic heterocycles. The molecule has 0 atom stereocenters. The molecule has 20 heavy (non-hydrogen) atoms. The number of fused-ring (bicyclic) bond motifs is 1. The summed E-state index contributed by atoms with van der Waals surface area (Å²) in [5.74, 6) is -0.466. The number of hydrogen-bond donors (Lipinski definition) is 0. The van der Waals surface area contributed by atoms with Crippen LogP contribution in [0.2, 0.25) is 0 Å². The number of carbonyl (C=O) groups excluding carboxylic acids is 1. The van der Waals surface area contributed by atoms with Crippen LogP contribution >= 0.6 is 0 Å². The van der Waals surface area contributed by atoms with E-state index in [-0.39, 0.29) is 11.2 Å². The maximum atomic E-state index is 11.7. The Labute approximate surface area is 117 Å². The van der Waals surface area contributed by atoms with E-state index in [0.717, 1.165) is 16.6 Å². The van der Waals surface area contributed by atoms with Crippen LogP contribution in [0.15, 0.2) is 27.4 Å². The molecule has 0 aliphatic rings. The van der Waals surface area contributed by atoms with Gasteiger partial charge in [-0.1, -0.05) is 32.9 Å². The van der Waals surface area contributed by atoms with Gasteiger partial charge in [0, 0.05) is 17.2 Å². The highest BCUT2D eigenvalue weighted by Gasteiger charge is 2.21. The number of carbonyl (C=O) groups is 1. The van der Waals surface area contributed by atoms with Crippen molar-refractivity contribution in [3.8, 4) is 0 Å². The lowest BCUT2D eigenvalue weighted by Crippen LogP contribution is -2.20. The molecule has 0 bridgehead atoms. The minimum Gasteiger partial charge on any atom is -0.408 e. The molecule has 0 radical (unpaired) electrons. The van der Waals surface area contributed by atoms with Crippen molar-refractivity contribution in [1.29, 1.82) is 0 Å². The van der Waals surface area contributed by atoms with Crippen molar-refractivity contribution < 1.29 is 9.21 Å². The van der Waals surface area contributed by atoms with E-state index in [1.165, 1.54) is 0 Å². The number of rotatable bonds is 3. The van der Waals surface area contributed by atoms with Crippen LogP contribution in [-0.4, -0.2) is 10.8 Å². The molecule has 4 nitrogen and oxygen atoms in total. The van der Waals surface area contributed by atoms with Crippen molar-refractivity contribution in [2.75, 3.05) is 0 Å². The molecule has 0 amide bonds. The Morgan fingerprint density at radius 1 is 1.30 bits per heavy atom. The van der Waals surface area contributed by atoms with Gasteiger partial charge in [0.1, 0.15) is 11.4 Å². The van der Waals surface area contributed by atoms with E-state index in [9.17, 15) is 9.59 Å². The van der Waals surface area contributed by atoms with E-state index in [0.29, 0.717) is 18.4 Å². The zero-order chi connectivity index (χ0) is 14.9. The van der Waals surface area contributed by atoms with Crippen molar-refractivity contribution in [1.82, 2.24) is 4.98 Å². The molecular formula is C16H19NO3. The van der Waals surface area contributed by atoms with Crippen LogP contribution in [-0.2, 0) is 16.6 Å². The predicted molar refractivity (Wildman–Crippen MR) is 78.0 cm³/mol. The second kappa shape index (κ2) is 5.19. The van der Waals surface area contributed by atoms with E-state index in [1.807, 2.05) is 39.0 Å². The number of ketones is 1. The van der Waals surface area contributed by atoms with E-state index < -0.39 is 5.76 Å². The molecule has 1 aromatic carbocycles. The van der Waals surface area contributed by atoms with Gasteiger partial charge < -0.3 is 9.21 Å². The largest absolute Gasteiger partial charge is 0.439 e. The van der Waals surface area contributed by atoms with Gasteiger partial charge in [-0.15, -0.1) is 0 Å². The van der Waals surface area contributed by atoms with Gasteiger partial charge in [0.25, 0.3) is 0 Å². The monoisotopic (exact) mass is 273 g/mol. The normalized spacial score (nSPS) is 11.8. The maximum Gasteiger partial charge on any atom is 0.439 e. The highest BCUT2D eigenvalue weighted by molar-refractivity contribution is 5.83. The number of aromatic nitrogens is 1. The Balaban J connectivity index is 2.66. The summed E-state index contributed by atoms with van der Waals surface area (Å²) in [7, 11) is 0. The summed E-state index contributed by atoms with van der Waals surface area (Å²) in [5, 5.41) is 0.846. The first-order valence-electron chi connectivity index (χ1n) is 6.71. The Morgan fingerprint density at radius 2 is 2.00 bits per heavy atom. The topological polar surface area (TPSA) is 60.2 Å². The van der Waals surface area contributed by atoms with Crippen LogP contribution in [0, 0.1) is 0 Å². The lowest BCUT2D eigenvalue weighted by molar-refractivity contribution is -0.116. The van der Waals surface area contributed by atoms with Gasteiger partial charge in [-0.2, -0.15) is 4.98 Å². The van der Waals surface area contributed by atoms with E-state index in [1.54, 1.807) is 6.92 Å². The van der Waals surface area contributed by atoms with Crippen molar-refractivity contribution in [3.63, 3.8) is 0 Å². The average molecular weight is 273 g/mol. The third-order valence-electron chi connectivity index (χ3n) is 3.20. The molecule has 0 fully saturated rings. The number of Topliss-reactive ketones (excluding diaryl/α,β-unsaturated/α-hetero) is 1. The first kappa shape index (κ1) is 14.4. The minimum absolute atomic E-state index is 0.120. The fourth-order valence-electron chi connectivity index (χ4n) is 2.23. The Hall–Kier alpha value is -1.97. The molecule has 1 heterocycles. The molecule has 2 aromatic rings. The lowest BCUT2D eigenvalue weighted by atomic mass is 9.88. The van der Waals surface area contributed by atoms with Crippen LogP contribution < -0.4 is 5.76 Å². The molecule has 2 rings (SSSR count). The smallest absolute Gasteiger partial charge is 0.408 e. The molecule has 0 unspecified atom stereocenters. The van der Waals surface area contributed by atoms with Crippen molar-refractivity contribution in [2.45, 2.75) is 46.0 Å². The standard InChI is InChI=1S/C16H19NO3/c1-10(18)8-9-11-6-5-7-12-13(11)20-15(19)17-14(12)16(2,3)4/h5-7H,8-9H2,1-4H3. The zero-order valence-electron chi connectivity index (χ0n) is 12.3. The molecule has 0 spiro atoms. The van der Waals surface area contributed by atoms with Gasteiger partial charge in [-0.25, -0.2) is 4.79 Å². The SMILES string of the molecule is CC(=O)CCc1cccc2c(C(C)(C)C)nc(=O)oc12. The van der Waals surface area contributed by atoms with Gasteiger partial charge >= 0.3 is 5.76 Å². The maximum absolute atomic E-state index is 11.7. The summed E-state index contributed by atoms with van der Waals surface area (Å²) in [6.07, 6.45) is 1.01. The summed E-state index contributed by atoms with van der Waals surface area (Å²) in [4.78, 5) is 26.9. The zero-order valence-corrected chi connectivity index (χ0v) is 12.3. The van der Waals surface area contributed by atoms with E-state index in [4.69, 9.17) is 4.42 Å². The quantitative estimate of drug-likeness (QED) is 0.862. The van der Waals surface area contributed by atoms with Gasteiger partial charge in [0.05, 0.1) is 5.69 Å². The summed E-state index contributed by atoms with van der Waals surface area (Å²) < 4.78 is 5.28. The van der Waals surface area contributed by atoms with Crippen LogP contribution in [0.3, 0.4) is 0 Å². The third kappa shape index (κ3) is 2.95. The van der Waals surface area contributed by atoms with E-state index in [2.05, 4.69) is 4.98 Å². The van der Waals surface area contributed by atoms with Gasteiger partial charge in [-0.05, 0) is 25.0 Å². The number of hydrogen-bond acceptors (Lipinski definition) is 4. The van der Waals surface area contributed by atoms with Gasteiger partial charge in [0.2, 0.25) is 0 Å².